The van der Waals surface area contributed by atoms with E-state index in [1.165, 1.54) is 12.1 Å². The Morgan fingerprint density at radius 3 is 2.35 bits per heavy atom. The maximum absolute atomic E-state index is 13.3. The zero-order valence-electron chi connectivity index (χ0n) is 12.5. The first-order chi connectivity index (χ1) is 11.2. The number of H-pyrrole nitrogens is 1. The molecule has 3 nitrogen and oxygen atoms in total. The van der Waals surface area contributed by atoms with Crippen LogP contribution in [0.15, 0.2) is 61.1 Å². The Morgan fingerprint density at radius 2 is 1.61 bits per heavy atom. The lowest BCUT2D eigenvalue weighted by atomic mass is 10.0. The number of aromatic nitrogens is 3. The summed E-state index contributed by atoms with van der Waals surface area (Å²) in [7, 11) is 0. The van der Waals surface area contributed by atoms with E-state index in [1.807, 2.05) is 25.1 Å². The monoisotopic (exact) mass is 303 g/mol. The van der Waals surface area contributed by atoms with Crippen molar-refractivity contribution < 1.29 is 4.39 Å². The number of benzene rings is 1. The molecule has 3 heterocycles. The van der Waals surface area contributed by atoms with Gasteiger partial charge in [0.2, 0.25) is 0 Å². The molecule has 0 atom stereocenters. The predicted octanol–water partition coefficient (Wildman–Crippen LogP) is 4.74. The zero-order chi connectivity index (χ0) is 15.8. The van der Waals surface area contributed by atoms with Crippen molar-refractivity contribution in [1.82, 2.24) is 15.0 Å². The Hall–Kier alpha value is -3.01. The van der Waals surface area contributed by atoms with Gasteiger partial charge >= 0.3 is 0 Å². The van der Waals surface area contributed by atoms with Crippen LogP contribution in [0.25, 0.3) is 33.4 Å². The third kappa shape index (κ3) is 2.28. The summed E-state index contributed by atoms with van der Waals surface area (Å²) in [5.41, 5.74) is 6.92. The molecule has 0 amide bonds. The molecule has 0 aliphatic heterocycles. The van der Waals surface area contributed by atoms with Gasteiger partial charge in [-0.3, -0.25) is 9.97 Å². The molecule has 0 aliphatic carbocycles. The van der Waals surface area contributed by atoms with Crippen LogP contribution in [0.3, 0.4) is 0 Å². The summed E-state index contributed by atoms with van der Waals surface area (Å²) in [6.07, 6.45) is 5.32. The first-order valence-corrected chi connectivity index (χ1v) is 7.37. The van der Waals surface area contributed by atoms with Crippen molar-refractivity contribution in [3.63, 3.8) is 0 Å². The molecule has 0 unspecified atom stereocenters. The molecule has 4 rings (SSSR count). The molecular weight excluding hydrogens is 289 g/mol. The second kappa shape index (κ2) is 5.32. The lowest BCUT2D eigenvalue weighted by molar-refractivity contribution is 0.628. The van der Waals surface area contributed by atoms with E-state index in [2.05, 4.69) is 15.0 Å². The first-order valence-electron chi connectivity index (χ1n) is 7.37. The van der Waals surface area contributed by atoms with Crippen LogP contribution in [0, 0.1) is 12.7 Å². The largest absolute Gasteiger partial charge is 0.352 e. The summed E-state index contributed by atoms with van der Waals surface area (Å²) in [6, 6.07) is 12.4. The van der Waals surface area contributed by atoms with Gasteiger partial charge in [0.15, 0.2) is 0 Å². The van der Waals surface area contributed by atoms with E-state index in [-0.39, 0.29) is 5.82 Å². The van der Waals surface area contributed by atoms with Gasteiger partial charge in [-0.25, -0.2) is 4.39 Å². The predicted molar refractivity (Wildman–Crippen MR) is 89.5 cm³/mol. The topological polar surface area (TPSA) is 41.6 Å². The van der Waals surface area contributed by atoms with Crippen LogP contribution >= 0.6 is 0 Å². The smallest absolute Gasteiger partial charge is 0.123 e. The van der Waals surface area contributed by atoms with Crippen molar-refractivity contribution >= 4 is 11.0 Å². The molecule has 0 fully saturated rings. The minimum atomic E-state index is -0.247. The molecule has 1 N–H and O–H groups in total. The molecule has 0 saturated carbocycles. The molecule has 0 bridgehead atoms. The number of fused-ring (bicyclic) bond motifs is 1. The number of aromatic amines is 1. The third-order valence-electron chi connectivity index (χ3n) is 4.00. The number of pyridine rings is 2. The number of aryl methyl sites for hydroxylation is 1. The summed E-state index contributed by atoms with van der Waals surface area (Å²) >= 11 is 0. The van der Waals surface area contributed by atoms with Crippen LogP contribution in [0.5, 0.6) is 0 Å². The number of nitrogens with zero attached hydrogens (tertiary/aromatic N) is 2. The molecule has 0 aliphatic rings. The first kappa shape index (κ1) is 13.6. The minimum Gasteiger partial charge on any atom is -0.352 e. The molecule has 23 heavy (non-hydrogen) atoms. The fourth-order valence-corrected chi connectivity index (χ4v) is 2.84. The van der Waals surface area contributed by atoms with Gasteiger partial charge in [-0.15, -0.1) is 0 Å². The summed E-state index contributed by atoms with van der Waals surface area (Å²) in [6.45, 7) is 2.05. The molecule has 0 spiro atoms. The lowest BCUT2D eigenvalue weighted by Crippen LogP contribution is -1.85. The van der Waals surface area contributed by atoms with E-state index in [0.717, 1.165) is 39.0 Å². The Bertz CT molecular complexity index is 973. The van der Waals surface area contributed by atoms with E-state index in [1.54, 1.807) is 30.7 Å². The SMILES string of the molecule is Cc1ccnc2c(-c3ccc(F)cc3)c(-c3ccncc3)[nH]c12. The van der Waals surface area contributed by atoms with E-state index in [9.17, 15) is 4.39 Å². The number of rotatable bonds is 2. The average molecular weight is 303 g/mol. The van der Waals surface area contributed by atoms with Gasteiger partial charge < -0.3 is 4.98 Å². The van der Waals surface area contributed by atoms with Gasteiger partial charge in [0, 0.05) is 29.7 Å². The lowest BCUT2D eigenvalue weighted by Gasteiger charge is -2.05. The molecule has 0 saturated heterocycles. The Balaban J connectivity index is 2.07. The van der Waals surface area contributed by atoms with Crippen molar-refractivity contribution in [2.45, 2.75) is 6.92 Å². The summed E-state index contributed by atoms with van der Waals surface area (Å²) in [5, 5.41) is 0. The van der Waals surface area contributed by atoms with Crippen LogP contribution in [0.4, 0.5) is 4.39 Å². The molecule has 1 aromatic carbocycles. The van der Waals surface area contributed by atoms with E-state index >= 15 is 0 Å². The summed E-state index contributed by atoms with van der Waals surface area (Å²) < 4.78 is 13.3. The van der Waals surface area contributed by atoms with Crippen LogP contribution in [-0.4, -0.2) is 15.0 Å². The standard InChI is InChI=1S/C19H14FN3/c1-12-6-11-22-19-16(13-2-4-15(20)5-3-13)18(23-17(12)19)14-7-9-21-10-8-14/h2-11,23H,1H3. The molecular formula is C19H14FN3. The highest BCUT2D eigenvalue weighted by molar-refractivity contribution is 6.02. The van der Waals surface area contributed by atoms with Crippen molar-refractivity contribution in [3.8, 4) is 22.4 Å². The van der Waals surface area contributed by atoms with Gasteiger partial charge in [0.05, 0.1) is 16.7 Å². The molecule has 4 heteroatoms. The quantitative estimate of drug-likeness (QED) is 0.581. The van der Waals surface area contributed by atoms with Gasteiger partial charge in [-0.2, -0.15) is 0 Å². The fraction of sp³-hybridized carbons (Fsp3) is 0.0526. The Morgan fingerprint density at radius 1 is 0.870 bits per heavy atom. The average Bonchev–Trinajstić information content (AvgIpc) is 2.97. The fourth-order valence-electron chi connectivity index (χ4n) is 2.84. The number of hydrogen-bond donors (Lipinski definition) is 1. The van der Waals surface area contributed by atoms with Gasteiger partial charge in [0.25, 0.3) is 0 Å². The molecule has 4 aromatic rings. The highest BCUT2D eigenvalue weighted by Gasteiger charge is 2.17. The van der Waals surface area contributed by atoms with Crippen LogP contribution in [-0.2, 0) is 0 Å². The van der Waals surface area contributed by atoms with Crippen molar-refractivity contribution in [1.29, 1.82) is 0 Å². The third-order valence-corrected chi connectivity index (χ3v) is 4.00. The number of halogens is 1. The van der Waals surface area contributed by atoms with E-state index in [0.29, 0.717) is 0 Å². The Kier molecular flexibility index (Phi) is 3.15. The van der Waals surface area contributed by atoms with Gasteiger partial charge in [0.1, 0.15) is 5.82 Å². The highest BCUT2D eigenvalue weighted by Crippen LogP contribution is 2.37. The van der Waals surface area contributed by atoms with Crippen LogP contribution in [0.2, 0.25) is 0 Å². The minimum absolute atomic E-state index is 0.247. The summed E-state index contributed by atoms with van der Waals surface area (Å²) in [4.78, 5) is 12.1. The number of hydrogen-bond acceptors (Lipinski definition) is 2. The maximum Gasteiger partial charge on any atom is 0.123 e. The van der Waals surface area contributed by atoms with Crippen molar-refractivity contribution in [2.24, 2.45) is 0 Å². The molecule has 112 valence electrons. The highest BCUT2D eigenvalue weighted by atomic mass is 19.1. The second-order valence-electron chi connectivity index (χ2n) is 5.47. The van der Waals surface area contributed by atoms with Gasteiger partial charge in [-0.1, -0.05) is 12.1 Å². The second-order valence-corrected chi connectivity index (χ2v) is 5.47. The zero-order valence-corrected chi connectivity index (χ0v) is 12.5. The van der Waals surface area contributed by atoms with E-state index in [4.69, 9.17) is 0 Å². The van der Waals surface area contributed by atoms with E-state index < -0.39 is 0 Å². The van der Waals surface area contributed by atoms with Crippen molar-refractivity contribution in [3.05, 3.63) is 72.4 Å². The van der Waals surface area contributed by atoms with Gasteiger partial charge in [-0.05, 0) is 48.4 Å². The Labute approximate surface area is 132 Å². The molecule has 3 aromatic heterocycles. The normalized spacial score (nSPS) is 11.0. The van der Waals surface area contributed by atoms with Crippen LogP contribution < -0.4 is 0 Å². The number of nitrogens with one attached hydrogen (secondary N) is 1. The van der Waals surface area contributed by atoms with Crippen molar-refractivity contribution in [2.75, 3.05) is 0 Å². The maximum atomic E-state index is 13.3. The summed E-state index contributed by atoms with van der Waals surface area (Å²) in [5.74, 6) is -0.247. The van der Waals surface area contributed by atoms with Crippen LogP contribution in [0.1, 0.15) is 5.56 Å². The molecule has 0 radical (unpaired) electrons.